The van der Waals surface area contributed by atoms with Gasteiger partial charge >= 0.3 is 5.97 Å². The van der Waals surface area contributed by atoms with E-state index in [0.717, 1.165) is 5.56 Å². The number of aryl methyl sites for hydroxylation is 1. The molecule has 7 heteroatoms. The Balaban J connectivity index is 1.97. The minimum atomic E-state index is -0.985. The number of hydrogen-bond donors (Lipinski definition) is 1. The van der Waals surface area contributed by atoms with Crippen LogP contribution < -0.4 is 10.1 Å². The SMILES string of the molecule is COc1ccc(C)cc1NC(=O)[C@H](C)OC(=O)/C=C/c1ccc(Cl)c(Cl)c1. The number of hydrogen-bond acceptors (Lipinski definition) is 4. The molecule has 2 aromatic carbocycles. The van der Waals surface area contributed by atoms with Crippen molar-refractivity contribution in [1.29, 1.82) is 0 Å². The van der Waals surface area contributed by atoms with Gasteiger partial charge < -0.3 is 14.8 Å². The van der Waals surface area contributed by atoms with Gasteiger partial charge in [0.1, 0.15) is 5.75 Å². The number of carbonyl (C=O) groups is 2. The zero-order valence-electron chi connectivity index (χ0n) is 15.1. The predicted octanol–water partition coefficient (Wildman–Crippen LogP) is 4.89. The highest BCUT2D eigenvalue weighted by atomic mass is 35.5. The Hall–Kier alpha value is -2.50. The summed E-state index contributed by atoms with van der Waals surface area (Å²) in [6.07, 6.45) is 1.76. The quantitative estimate of drug-likeness (QED) is 0.546. The fraction of sp³-hybridized carbons (Fsp3) is 0.200. The molecule has 0 aliphatic carbocycles. The molecule has 5 nitrogen and oxygen atoms in total. The first-order valence-electron chi connectivity index (χ1n) is 8.09. The normalized spacial score (nSPS) is 11.9. The maximum absolute atomic E-state index is 12.3. The Morgan fingerprint density at radius 1 is 1.11 bits per heavy atom. The standard InChI is InChI=1S/C20H19Cl2NO4/c1-12-4-8-18(26-3)17(10-12)23-20(25)13(2)27-19(24)9-6-14-5-7-15(21)16(22)11-14/h4-11,13H,1-3H3,(H,23,25)/b9-6+/t13-/m0/s1. The number of anilines is 1. The van der Waals surface area contributed by atoms with Gasteiger partial charge in [-0.2, -0.15) is 0 Å². The van der Waals surface area contributed by atoms with E-state index in [1.165, 1.54) is 26.2 Å². The van der Waals surface area contributed by atoms with Crippen LogP contribution in [-0.4, -0.2) is 25.1 Å². The highest BCUT2D eigenvalue weighted by Gasteiger charge is 2.18. The zero-order chi connectivity index (χ0) is 20.0. The highest BCUT2D eigenvalue weighted by Crippen LogP contribution is 2.25. The number of benzene rings is 2. The van der Waals surface area contributed by atoms with E-state index >= 15 is 0 Å². The fourth-order valence-corrected chi connectivity index (χ4v) is 2.51. The van der Waals surface area contributed by atoms with Gasteiger partial charge in [0.2, 0.25) is 0 Å². The molecule has 27 heavy (non-hydrogen) atoms. The van der Waals surface area contributed by atoms with E-state index in [4.69, 9.17) is 32.7 Å². The first kappa shape index (κ1) is 20.8. The summed E-state index contributed by atoms with van der Waals surface area (Å²) in [6.45, 7) is 3.38. The minimum absolute atomic E-state index is 0.382. The van der Waals surface area contributed by atoms with E-state index in [9.17, 15) is 9.59 Å². The monoisotopic (exact) mass is 407 g/mol. The van der Waals surface area contributed by atoms with Crippen molar-refractivity contribution < 1.29 is 19.1 Å². The molecule has 0 spiro atoms. The summed E-state index contributed by atoms with van der Waals surface area (Å²) in [5.74, 6) is -0.595. The van der Waals surface area contributed by atoms with Crippen molar-refractivity contribution in [3.8, 4) is 5.75 Å². The van der Waals surface area contributed by atoms with E-state index in [0.29, 0.717) is 27.0 Å². The third-order valence-corrected chi connectivity index (χ3v) is 4.37. The van der Waals surface area contributed by atoms with Crippen LogP contribution >= 0.6 is 23.2 Å². The van der Waals surface area contributed by atoms with Gasteiger partial charge in [-0.3, -0.25) is 4.79 Å². The van der Waals surface area contributed by atoms with Crippen molar-refractivity contribution in [2.24, 2.45) is 0 Å². The van der Waals surface area contributed by atoms with Crippen LogP contribution in [0, 0.1) is 6.92 Å². The smallest absolute Gasteiger partial charge is 0.331 e. The Morgan fingerprint density at radius 2 is 1.85 bits per heavy atom. The molecule has 2 rings (SSSR count). The van der Waals surface area contributed by atoms with Crippen LogP contribution in [0.3, 0.4) is 0 Å². The second-order valence-corrected chi connectivity index (χ2v) is 6.59. The van der Waals surface area contributed by atoms with E-state index in [1.54, 1.807) is 30.3 Å². The molecule has 1 atom stereocenters. The predicted molar refractivity (Wildman–Crippen MR) is 107 cm³/mol. The third-order valence-electron chi connectivity index (χ3n) is 3.63. The lowest BCUT2D eigenvalue weighted by Gasteiger charge is -2.15. The van der Waals surface area contributed by atoms with E-state index in [1.807, 2.05) is 13.0 Å². The van der Waals surface area contributed by atoms with Crippen LogP contribution in [0.25, 0.3) is 6.08 Å². The van der Waals surface area contributed by atoms with E-state index in [-0.39, 0.29) is 0 Å². The molecule has 0 aliphatic rings. The van der Waals surface area contributed by atoms with Crippen molar-refractivity contribution in [3.05, 3.63) is 63.6 Å². The summed E-state index contributed by atoms with van der Waals surface area (Å²) in [6, 6.07) is 10.3. The van der Waals surface area contributed by atoms with Crippen molar-refractivity contribution in [2.75, 3.05) is 12.4 Å². The molecule has 0 bridgehead atoms. The number of amides is 1. The first-order valence-corrected chi connectivity index (χ1v) is 8.85. The Labute approximate surface area is 167 Å². The lowest BCUT2D eigenvalue weighted by atomic mass is 10.2. The molecule has 0 aliphatic heterocycles. The van der Waals surface area contributed by atoms with Crippen LogP contribution in [-0.2, 0) is 14.3 Å². The summed E-state index contributed by atoms with van der Waals surface area (Å²) < 4.78 is 10.3. The molecular weight excluding hydrogens is 389 g/mol. The van der Waals surface area contributed by atoms with Crippen LogP contribution in [0.4, 0.5) is 5.69 Å². The Kier molecular flexibility index (Phi) is 7.28. The molecule has 0 saturated heterocycles. The summed E-state index contributed by atoms with van der Waals surface area (Å²) in [4.78, 5) is 24.2. The molecule has 0 unspecified atom stereocenters. The van der Waals surface area contributed by atoms with Crippen molar-refractivity contribution in [1.82, 2.24) is 0 Å². The van der Waals surface area contributed by atoms with Crippen LogP contribution in [0.1, 0.15) is 18.1 Å². The van der Waals surface area contributed by atoms with Gasteiger partial charge in [-0.25, -0.2) is 4.79 Å². The zero-order valence-corrected chi connectivity index (χ0v) is 16.6. The average molecular weight is 408 g/mol. The molecule has 0 radical (unpaired) electrons. The van der Waals surface area contributed by atoms with Crippen LogP contribution in [0.2, 0.25) is 10.0 Å². The number of nitrogens with one attached hydrogen (secondary N) is 1. The molecule has 2 aromatic rings. The van der Waals surface area contributed by atoms with Gasteiger partial charge in [0.05, 0.1) is 22.8 Å². The summed E-state index contributed by atoms with van der Waals surface area (Å²) in [7, 11) is 1.51. The fourth-order valence-electron chi connectivity index (χ4n) is 2.20. The van der Waals surface area contributed by atoms with Gasteiger partial charge in [-0.15, -0.1) is 0 Å². The minimum Gasteiger partial charge on any atom is -0.495 e. The lowest BCUT2D eigenvalue weighted by Crippen LogP contribution is -2.29. The van der Waals surface area contributed by atoms with Gasteiger partial charge in [-0.05, 0) is 55.3 Å². The van der Waals surface area contributed by atoms with Crippen molar-refractivity contribution >= 4 is 46.8 Å². The number of rotatable bonds is 6. The molecule has 0 heterocycles. The maximum Gasteiger partial charge on any atom is 0.331 e. The second-order valence-electron chi connectivity index (χ2n) is 5.78. The second kappa shape index (κ2) is 9.44. The molecular formula is C20H19Cl2NO4. The Bertz CT molecular complexity index is 880. The molecule has 0 aromatic heterocycles. The van der Waals surface area contributed by atoms with E-state index in [2.05, 4.69) is 5.32 Å². The van der Waals surface area contributed by atoms with Crippen molar-refractivity contribution in [2.45, 2.75) is 20.0 Å². The Morgan fingerprint density at radius 3 is 2.52 bits per heavy atom. The molecule has 0 fully saturated rings. The summed E-state index contributed by atoms with van der Waals surface area (Å²) >= 11 is 11.8. The topological polar surface area (TPSA) is 64.6 Å². The third kappa shape index (κ3) is 6.01. The number of methoxy groups -OCH3 is 1. The summed E-state index contributed by atoms with van der Waals surface area (Å²) in [5, 5.41) is 3.50. The van der Waals surface area contributed by atoms with Crippen molar-refractivity contribution in [3.63, 3.8) is 0 Å². The maximum atomic E-state index is 12.3. The number of ether oxygens (including phenoxy) is 2. The number of esters is 1. The van der Waals surface area contributed by atoms with Gasteiger partial charge in [-0.1, -0.05) is 35.3 Å². The lowest BCUT2D eigenvalue weighted by molar-refractivity contribution is -0.148. The molecule has 1 N–H and O–H groups in total. The van der Waals surface area contributed by atoms with Gasteiger partial charge in [0.25, 0.3) is 5.91 Å². The number of carbonyl (C=O) groups excluding carboxylic acids is 2. The highest BCUT2D eigenvalue weighted by molar-refractivity contribution is 6.42. The van der Waals surface area contributed by atoms with Gasteiger partial charge in [0, 0.05) is 6.08 Å². The average Bonchev–Trinajstić information content (AvgIpc) is 2.63. The van der Waals surface area contributed by atoms with Crippen LogP contribution in [0.5, 0.6) is 5.75 Å². The van der Waals surface area contributed by atoms with E-state index < -0.39 is 18.0 Å². The molecule has 1 amide bonds. The number of halogens is 2. The van der Waals surface area contributed by atoms with Gasteiger partial charge in [0.15, 0.2) is 6.10 Å². The first-order chi connectivity index (χ1) is 12.8. The molecule has 0 saturated carbocycles. The molecule has 142 valence electrons. The van der Waals surface area contributed by atoms with Crippen LogP contribution in [0.15, 0.2) is 42.5 Å². The summed E-state index contributed by atoms with van der Waals surface area (Å²) in [5.41, 5.74) is 2.15. The largest absolute Gasteiger partial charge is 0.495 e.